The molecule has 84 valence electrons. The third-order valence-corrected chi connectivity index (χ3v) is 2.56. The van der Waals surface area contributed by atoms with Crippen LogP contribution in [0.1, 0.15) is 5.69 Å². The van der Waals surface area contributed by atoms with E-state index >= 15 is 0 Å². The van der Waals surface area contributed by atoms with E-state index in [0.717, 1.165) is 17.1 Å². The van der Waals surface area contributed by atoms with Crippen molar-refractivity contribution in [2.45, 2.75) is 6.92 Å². The highest BCUT2D eigenvalue weighted by atomic mass is 16.1. The van der Waals surface area contributed by atoms with E-state index < -0.39 is 0 Å². The molecule has 0 saturated carbocycles. The number of pyridine rings is 1. The molecule has 0 amide bonds. The summed E-state index contributed by atoms with van der Waals surface area (Å²) in [5.41, 5.74) is 2.89. The molecule has 0 radical (unpaired) electrons. The number of H-pyrrole nitrogens is 1. The van der Waals surface area contributed by atoms with E-state index in [4.69, 9.17) is 0 Å². The van der Waals surface area contributed by atoms with E-state index in [1.807, 2.05) is 31.2 Å². The Bertz CT molecular complexity index is 727. The summed E-state index contributed by atoms with van der Waals surface area (Å²) >= 11 is 0. The molecule has 0 aromatic carbocycles. The second kappa shape index (κ2) is 3.55. The maximum atomic E-state index is 11.3. The van der Waals surface area contributed by atoms with Crippen molar-refractivity contribution in [3.8, 4) is 11.4 Å². The van der Waals surface area contributed by atoms with Gasteiger partial charge in [-0.25, -0.2) is 4.52 Å². The zero-order valence-electron chi connectivity index (χ0n) is 9.21. The molecule has 0 unspecified atom stereocenters. The van der Waals surface area contributed by atoms with Crippen molar-refractivity contribution in [2.24, 2.45) is 0 Å². The highest BCUT2D eigenvalue weighted by Gasteiger charge is 2.07. The van der Waals surface area contributed by atoms with Crippen LogP contribution in [-0.4, -0.2) is 19.6 Å². The van der Waals surface area contributed by atoms with Gasteiger partial charge in [0, 0.05) is 24.0 Å². The molecule has 17 heavy (non-hydrogen) atoms. The highest BCUT2D eigenvalue weighted by Crippen LogP contribution is 2.15. The van der Waals surface area contributed by atoms with Crippen LogP contribution >= 0.6 is 0 Å². The number of fused-ring (bicyclic) bond motifs is 1. The van der Waals surface area contributed by atoms with Crippen LogP contribution in [0.5, 0.6) is 0 Å². The van der Waals surface area contributed by atoms with Crippen LogP contribution in [0.25, 0.3) is 17.0 Å². The number of nitrogens with zero attached hydrogens (tertiary/aromatic N) is 3. The largest absolute Gasteiger partial charge is 0.307 e. The lowest BCUT2D eigenvalue weighted by Gasteiger charge is -1.96. The van der Waals surface area contributed by atoms with Crippen LogP contribution in [0.4, 0.5) is 0 Å². The van der Waals surface area contributed by atoms with Crippen molar-refractivity contribution in [3.63, 3.8) is 0 Å². The lowest BCUT2D eigenvalue weighted by Crippen LogP contribution is -2.09. The molecule has 0 aliphatic rings. The van der Waals surface area contributed by atoms with Gasteiger partial charge in [0.05, 0.1) is 5.69 Å². The van der Waals surface area contributed by atoms with Gasteiger partial charge in [0.1, 0.15) is 11.3 Å². The topological polar surface area (TPSA) is 63.0 Å². The lowest BCUT2D eigenvalue weighted by molar-refractivity contribution is 0.888. The summed E-state index contributed by atoms with van der Waals surface area (Å²) in [5.74, 6) is 0. The number of hydrogen-bond acceptors (Lipinski definition) is 3. The number of nitrogens with one attached hydrogen (secondary N) is 1. The number of aromatic nitrogens is 4. The number of aromatic amines is 1. The summed E-state index contributed by atoms with van der Waals surface area (Å²) < 4.78 is 1.70. The third kappa shape index (κ3) is 1.61. The maximum absolute atomic E-state index is 11.3. The quantitative estimate of drug-likeness (QED) is 0.682. The van der Waals surface area contributed by atoms with Gasteiger partial charge in [0.15, 0.2) is 0 Å². The first-order valence-electron chi connectivity index (χ1n) is 5.25. The molecule has 5 nitrogen and oxygen atoms in total. The summed E-state index contributed by atoms with van der Waals surface area (Å²) in [6.45, 7) is 1.84. The molecule has 0 aliphatic heterocycles. The Morgan fingerprint density at radius 1 is 1.24 bits per heavy atom. The SMILES string of the molecule is Cc1cc(=O)[nH]c2cc(-c3ccccn3)nn12. The van der Waals surface area contributed by atoms with Crippen LogP contribution in [0.15, 0.2) is 41.3 Å². The summed E-state index contributed by atoms with van der Waals surface area (Å²) in [7, 11) is 0. The number of rotatable bonds is 1. The van der Waals surface area contributed by atoms with E-state index in [1.165, 1.54) is 6.07 Å². The fourth-order valence-electron chi connectivity index (χ4n) is 1.79. The molecule has 3 aromatic heterocycles. The Kier molecular flexibility index (Phi) is 2.04. The number of aryl methyl sites for hydroxylation is 1. The van der Waals surface area contributed by atoms with Gasteiger partial charge in [-0.3, -0.25) is 9.78 Å². The Hall–Kier alpha value is -2.43. The molecule has 3 aromatic rings. The van der Waals surface area contributed by atoms with Crippen LogP contribution < -0.4 is 5.56 Å². The highest BCUT2D eigenvalue weighted by molar-refractivity contribution is 5.60. The van der Waals surface area contributed by atoms with Crippen LogP contribution in [-0.2, 0) is 0 Å². The zero-order valence-corrected chi connectivity index (χ0v) is 9.21. The summed E-state index contributed by atoms with van der Waals surface area (Å²) in [5, 5.41) is 4.41. The predicted octanol–water partition coefficient (Wildman–Crippen LogP) is 1.39. The first-order valence-corrected chi connectivity index (χ1v) is 5.25. The molecule has 0 spiro atoms. The van der Waals surface area contributed by atoms with Crippen molar-refractivity contribution < 1.29 is 0 Å². The lowest BCUT2D eigenvalue weighted by atomic mass is 10.3. The van der Waals surface area contributed by atoms with Gasteiger partial charge in [-0.15, -0.1) is 0 Å². The van der Waals surface area contributed by atoms with Crippen LogP contribution in [0.3, 0.4) is 0 Å². The molecule has 3 heterocycles. The number of hydrogen-bond donors (Lipinski definition) is 1. The molecule has 5 heteroatoms. The third-order valence-electron chi connectivity index (χ3n) is 2.56. The minimum Gasteiger partial charge on any atom is -0.307 e. The average molecular weight is 226 g/mol. The van der Waals surface area contributed by atoms with Gasteiger partial charge in [0.2, 0.25) is 0 Å². The Balaban J connectivity index is 2.27. The van der Waals surface area contributed by atoms with Gasteiger partial charge in [0.25, 0.3) is 5.56 Å². The second-order valence-corrected chi connectivity index (χ2v) is 3.82. The molecular formula is C12H10N4O. The van der Waals surface area contributed by atoms with E-state index in [0.29, 0.717) is 5.65 Å². The van der Waals surface area contributed by atoms with Gasteiger partial charge in [-0.2, -0.15) is 5.10 Å². The standard InChI is InChI=1S/C12H10N4O/c1-8-6-12(17)14-11-7-10(15-16(8)11)9-4-2-3-5-13-9/h2-7H,1H3,(H,14,17). The van der Waals surface area contributed by atoms with Gasteiger partial charge in [-0.05, 0) is 19.1 Å². The van der Waals surface area contributed by atoms with Gasteiger partial charge < -0.3 is 4.98 Å². The molecule has 0 fully saturated rings. The zero-order chi connectivity index (χ0) is 11.8. The second-order valence-electron chi connectivity index (χ2n) is 3.82. The molecule has 0 atom stereocenters. The van der Waals surface area contributed by atoms with Crippen LogP contribution in [0, 0.1) is 6.92 Å². The van der Waals surface area contributed by atoms with Crippen molar-refractivity contribution in [3.05, 3.63) is 52.6 Å². The first kappa shape index (κ1) is 9.77. The van der Waals surface area contributed by atoms with Gasteiger partial charge >= 0.3 is 0 Å². The summed E-state index contributed by atoms with van der Waals surface area (Å²) in [6.07, 6.45) is 1.72. The molecule has 0 saturated heterocycles. The minimum atomic E-state index is -0.123. The predicted molar refractivity (Wildman–Crippen MR) is 63.8 cm³/mol. The Morgan fingerprint density at radius 2 is 2.12 bits per heavy atom. The molecular weight excluding hydrogens is 216 g/mol. The fraction of sp³-hybridized carbons (Fsp3) is 0.0833. The maximum Gasteiger partial charge on any atom is 0.251 e. The van der Waals surface area contributed by atoms with Crippen molar-refractivity contribution in [1.29, 1.82) is 0 Å². The Morgan fingerprint density at radius 3 is 2.88 bits per heavy atom. The summed E-state index contributed by atoms with van der Waals surface area (Å²) in [4.78, 5) is 18.3. The Labute approximate surface area is 96.8 Å². The average Bonchev–Trinajstić information content (AvgIpc) is 2.74. The summed E-state index contributed by atoms with van der Waals surface area (Å²) in [6, 6.07) is 8.97. The van der Waals surface area contributed by atoms with E-state index in [-0.39, 0.29) is 5.56 Å². The van der Waals surface area contributed by atoms with E-state index in [2.05, 4.69) is 15.1 Å². The molecule has 0 aliphatic carbocycles. The van der Waals surface area contributed by atoms with E-state index in [9.17, 15) is 4.79 Å². The van der Waals surface area contributed by atoms with E-state index in [1.54, 1.807) is 10.7 Å². The van der Waals surface area contributed by atoms with Crippen molar-refractivity contribution in [2.75, 3.05) is 0 Å². The molecule has 1 N–H and O–H groups in total. The minimum absolute atomic E-state index is 0.123. The molecule has 3 rings (SSSR count). The molecule has 0 bridgehead atoms. The normalized spacial score (nSPS) is 10.9. The first-order chi connectivity index (χ1) is 8.24. The van der Waals surface area contributed by atoms with Crippen molar-refractivity contribution in [1.82, 2.24) is 19.6 Å². The van der Waals surface area contributed by atoms with Crippen LogP contribution in [0.2, 0.25) is 0 Å². The van der Waals surface area contributed by atoms with Gasteiger partial charge in [-0.1, -0.05) is 6.07 Å². The fourth-order valence-corrected chi connectivity index (χ4v) is 1.79. The van der Waals surface area contributed by atoms with Crippen molar-refractivity contribution >= 4 is 5.65 Å². The smallest absolute Gasteiger partial charge is 0.251 e. The monoisotopic (exact) mass is 226 g/mol.